The first-order valence-corrected chi connectivity index (χ1v) is 6.21. The van der Waals surface area contributed by atoms with Crippen molar-refractivity contribution in [3.8, 4) is 0 Å². The van der Waals surface area contributed by atoms with Crippen molar-refractivity contribution in [2.45, 2.75) is 18.9 Å². The van der Waals surface area contributed by atoms with Gasteiger partial charge in [0.2, 0.25) is 5.91 Å². The lowest BCUT2D eigenvalue weighted by Gasteiger charge is -2.15. The van der Waals surface area contributed by atoms with Crippen LogP contribution in [0.4, 0.5) is 0 Å². The van der Waals surface area contributed by atoms with Crippen molar-refractivity contribution >= 4 is 29.1 Å². The van der Waals surface area contributed by atoms with E-state index in [1.807, 2.05) is 0 Å². The molecule has 92 valence electrons. The molecule has 1 heterocycles. The van der Waals surface area contributed by atoms with Gasteiger partial charge in [0.25, 0.3) is 0 Å². The molecule has 1 amide bonds. The largest absolute Gasteiger partial charge is 0.391 e. The summed E-state index contributed by atoms with van der Waals surface area (Å²) in [7, 11) is 0. The highest BCUT2D eigenvalue weighted by Gasteiger charge is 2.24. The minimum absolute atomic E-state index is 0.00854. The van der Waals surface area contributed by atoms with E-state index in [9.17, 15) is 9.90 Å². The van der Waals surface area contributed by atoms with E-state index in [1.165, 1.54) is 0 Å². The summed E-state index contributed by atoms with van der Waals surface area (Å²) in [5.41, 5.74) is 0.766. The molecule has 0 spiro atoms. The van der Waals surface area contributed by atoms with Crippen molar-refractivity contribution in [2.75, 3.05) is 13.1 Å². The molecule has 0 aliphatic carbocycles. The Morgan fingerprint density at radius 1 is 1.47 bits per heavy atom. The van der Waals surface area contributed by atoms with E-state index >= 15 is 0 Å². The molecule has 1 atom stereocenters. The highest BCUT2D eigenvalue weighted by atomic mass is 35.5. The number of nitrogens with zero attached hydrogens (tertiary/aromatic N) is 1. The molecule has 0 saturated carbocycles. The van der Waals surface area contributed by atoms with Crippen molar-refractivity contribution in [2.24, 2.45) is 0 Å². The number of carbonyl (C=O) groups excluding carboxylic acids is 1. The van der Waals surface area contributed by atoms with Crippen LogP contribution in [0.1, 0.15) is 12.0 Å². The number of β-amino-alcohol motifs (C(OH)–C–C–N with tert-alkyl or cyclic N) is 1. The zero-order valence-electron chi connectivity index (χ0n) is 9.20. The third kappa shape index (κ3) is 3.12. The Morgan fingerprint density at radius 2 is 2.24 bits per heavy atom. The summed E-state index contributed by atoms with van der Waals surface area (Å²) in [5.74, 6) is -0.00854. The highest BCUT2D eigenvalue weighted by Crippen LogP contribution is 2.22. The fraction of sp³-hybridized carbons (Fsp3) is 0.417. The van der Waals surface area contributed by atoms with E-state index in [0.29, 0.717) is 29.6 Å². The fourth-order valence-corrected chi connectivity index (χ4v) is 2.38. The van der Waals surface area contributed by atoms with Gasteiger partial charge in [-0.05, 0) is 24.1 Å². The van der Waals surface area contributed by atoms with Crippen molar-refractivity contribution < 1.29 is 9.90 Å². The second-order valence-corrected chi connectivity index (χ2v) is 5.04. The summed E-state index contributed by atoms with van der Waals surface area (Å²) in [6, 6.07) is 5.11. The van der Waals surface area contributed by atoms with Crippen LogP contribution in [0.5, 0.6) is 0 Å². The third-order valence-corrected chi connectivity index (χ3v) is 3.46. The standard InChI is InChI=1S/C12H13Cl2NO2/c13-9-2-1-8(11(14)6-9)5-12(17)15-4-3-10(16)7-15/h1-2,6,10,16H,3-5,7H2/t10-/m1/s1. The van der Waals surface area contributed by atoms with Gasteiger partial charge in [-0.25, -0.2) is 0 Å². The summed E-state index contributed by atoms with van der Waals surface area (Å²) in [6.45, 7) is 1.04. The van der Waals surface area contributed by atoms with Gasteiger partial charge >= 0.3 is 0 Å². The van der Waals surface area contributed by atoms with Gasteiger partial charge in [0.1, 0.15) is 0 Å². The number of amides is 1. The Hall–Kier alpha value is -0.770. The van der Waals surface area contributed by atoms with Crippen LogP contribution in [-0.2, 0) is 11.2 Å². The number of likely N-dealkylation sites (tertiary alicyclic amines) is 1. The summed E-state index contributed by atoms with van der Waals surface area (Å²) in [6.07, 6.45) is 0.516. The van der Waals surface area contributed by atoms with Gasteiger partial charge in [0.05, 0.1) is 12.5 Å². The number of hydrogen-bond acceptors (Lipinski definition) is 2. The van der Waals surface area contributed by atoms with E-state index in [0.717, 1.165) is 5.56 Å². The molecule has 0 bridgehead atoms. The van der Waals surface area contributed by atoms with Crippen LogP contribution >= 0.6 is 23.2 Å². The van der Waals surface area contributed by atoms with Gasteiger partial charge in [0, 0.05) is 23.1 Å². The van der Waals surface area contributed by atoms with Crippen LogP contribution in [0.3, 0.4) is 0 Å². The Kier molecular flexibility index (Phi) is 3.92. The van der Waals surface area contributed by atoms with Gasteiger partial charge in [-0.1, -0.05) is 29.3 Å². The summed E-state index contributed by atoms with van der Waals surface area (Å²) >= 11 is 11.8. The molecule has 1 aliphatic rings. The quantitative estimate of drug-likeness (QED) is 0.897. The van der Waals surface area contributed by atoms with Crippen LogP contribution in [0.15, 0.2) is 18.2 Å². The van der Waals surface area contributed by atoms with Gasteiger partial charge < -0.3 is 10.0 Å². The number of aliphatic hydroxyl groups excluding tert-OH is 1. The molecule has 3 nitrogen and oxygen atoms in total. The summed E-state index contributed by atoms with van der Waals surface area (Å²) < 4.78 is 0. The second kappa shape index (κ2) is 5.25. The second-order valence-electron chi connectivity index (χ2n) is 4.19. The van der Waals surface area contributed by atoms with Crippen molar-refractivity contribution in [1.29, 1.82) is 0 Å². The van der Waals surface area contributed by atoms with Gasteiger partial charge in [-0.2, -0.15) is 0 Å². The van der Waals surface area contributed by atoms with Gasteiger partial charge in [0.15, 0.2) is 0 Å². The van der Waals surface area contributed by atoms with Crippen molar-refractivity contribution in [3.05, 3.63) is 33.8 Å². The molecular formula is C12H13Cl2NO2. The molecule has 1 fully saturated rings. The Morgan fingerprint density at radius 3 is 2.82 bits per heavy atom. The normalized spacial score (nSPS) is 19.7. The zero-order valence-corrected chi connectivity index (χ0v) is 10.7. The minimum Gasteiger partial charge on any atom is -0.391 e. The van der Waals surface area contributed by atoms with Gasteiger partial charge in [-0.15, -0.1) is 0 Å². The maximum atomic E-state index is 11.9. The molecule has 1 aliphatic heterocycles. The van der Waals surface area contributed by atoms with E-state index in [2.05, 4.69) is 0 Å². The van der Waals surface area contributed by atoms with Crippen LogP contribution in [0, 0.1) is 0 Å². The Bertz CT molecular complexity index is 437. The third-order valence-electron chi connectivity index (χ3n) is 2.87. The molecule has 2 rings (SSSR count). The first kappa shape index (κ1) is 12.7. The molecular weight excluding hydrogens is 261 g/mol. The average molecular weight is 274 g/mol. The number of hydrogen-bond donors (Lipinski definition) is 1. The van der Waals surface area contributed by atoms with E-state index in [-0.39, 0.29) is 18.4 Å². The predicted octanol–water partition coefficient (Wildman–Crippen LogP) is 2.13. The number of carbonyl (C=O) groups is 1. The first-order chi connectivity index (χ1) is 8.06. The van der Waals surface area contributed by atoms with Gasteiger partial charge in [-0.3, -0.25) is 4.79 Å². The molecule has 0 unspecified atom stereocenters. The molecule has 1 aromatic rings. The Balaban J connectivity index is 2.03. The lowest BCUT2D eigenvalue weighted by molar-refractivity contribution is -0.129. The van der Waals surface area contributed by atoms with Crippen LogP contribution < -0.4 is 0 Å². The predicted molar refractivity (Wildman–Crippen MR) is 67.4 cm³/mol. The number of halogens is 2. The van der Waals surface area contributed by atoms with E-state index in [1.54, 1.807) is 23.1 Å². The monoisotopic (exact) mass is 273 g/mol. The SMILES string of the molecule is O=C(Cc1ccc(Cl)cc1Cl)N1CC[C@@H](O)C1. The summed E-state index contributed by atoms with van der Waals surface area (Å²) in [5, 5.41) is 10.4. The highest BCUT2D eigenvalue weighted by molar-refractivity contribution is 6.35. The fourth-order valence-electron chi connectivity index (χ4n) is 1.91. The molecule has 1 aromatic carbocycles. The lowest BCUT2D eigenvalue weighted by Crippen LogP contribution is -2.30. The molecule has 0 aromatic heterocycles. The van der Waals surface area contributed by atoms with Crippen molar-refractivity contribution in [1.82, 2.24) is 4.90 Å². The Labute approximate surface area is 110 Å². The van der Waals surface area contributed by atoms with E-state index < -0.39 is 0 Å². The van der Waals surface area contributed by atoms with Crippen LogP contribution in [0.2, 0.25) is 10.0 Å². The lowest BCUT2D eigenvalue weighted by atomic mass is 10.1. The van der Waals surface area contributed by atoms with Crippen molar-refractivity contribution in [3.63, 3.8) is 0 Å². The minimum atomic E-state index is -0.389. The maximum absolute atomic E-state index is 11.9. The maximum Gasteiger partial charge on any atom is 0.227 e. The average Bonchev–Trinajstić information content (AvgIpc) is 2.69. The topological polar surface area (TPSA) is 40.5 Å². The zero-order chi connectivity index (χ0) is 12.4. The molecule has 1 saturated heterocycles. The molecule has 1 N–H and O–H groups in total. The molecule has 5 heteroatoms. The first-order valence-electron chi connectivity index (χ1n) is 5.46. The number of aliphatic hydroxyl groups is 1. The van der Waals surface area contributed by atoms with Crippen LogP contribution in [-0.4, -0.2) is 35.1 Å². The smallest absolute Gasteiger partial charge is 0.227 e. The molecule has 0 radical (unpaired) electrons. The number of benzene rings is 1. The summed E-state index contributed by atoms with van der Waals surface area (Å²) in [4.78, 5) is 13.6. The number of rotatable bonds is 2. The van der Waals surface area contributed by atoms with E-state index in [4.69, 9.17) is 23.2 Å². The van der Waals surface area contributed by atoms with Crippen LogP contribution in [0.25, 0.3) is 0 Å². The molecule has 17 heavy (non-hydrogen) atoms.